The first-order valence-electron chi connectivity index (χ1n) is 10.4. The summed E-state index contributed by atoms with van der Waals surface area (Å²) in [6.45, 7) is 5.27. The van der Waals surface area contributed by atoms with Crippen molar-refractivity contribution >= 4 is 11.8 Å². The second-order valence-corrected chi connectivity index (χ2v) is 8.13. The number of nitrogens with zero attached hydrogens (tertiary/aromatic N) is 1. The SMILES string of the molecule is CC(C)NC(=O)c1ccc(OCC2CCCN2C(=O)C2CCCCC2)cc1. The Kier molecular flexibility index (Phi) is 6.75. The van der Waals surface area contributed by atoms with E-state index >= 15 is 0 Å². The zero-order valence-corrected chi connectivity index (χ0v) is 16.6. The molecule has 5 nitrogen and oxygen atoms in total. The predicted octanol–water partition coefficient (Wildman–Crippen LogP) is 3.77. The Labute approximate surface area is 162 Å². The topological polar surface area (TPSA) is 58.6 Å². The van der Waals surface area contributed by atoms with Gasteiger partial charge in [-0.2, -0.15) is 0 Å². The number of ether oxygens (including phenoxy) is 1. The molecule has 0 spiro atoms. The molecule has 2 aliphatic rings. The number of likely N-dealkylation sites (tertiary alicyclic amines) is 1. The van der Waals surface area contributed by atoms with E-state index in [1.54, 1.807) is 12.1 Å². The van der Waals surface area contributed by atoms with Gasteiger partial charge in [0.05, 0.1) is 6.04 Å². The summed E-state index contributed by atoms with van der Waals surface area (Å²) in [5.74, 6) is 1.23. The number of benzene rings is 1. The van der Waals surface area contributed by atoms with Gasteiger partial charge in [0.2, 0.25) is 5.91 Å². The van der Waals surface area contributed by atoms with E-state index in [1.165, 1.54) is 19.3 Å². The molecule has 1 unspecified atom stereocenters. The van der Waals surface area contributed by atoms with Crippen LogP contribution in [0.3, 0.4) is 0 Å². The maximum Gasteiger partial charge on any atom is 0.251 e. The van der Waals surface area contributed by atoms with Crippen LogP contribution in [0.4, 0.5) is 0 Å². The van der Waals surface area contributed by atoms with E-state index in [0.29, 0.717) is 18.1 Å². The average Bonchev–Trinajstić information content (AvgIpc) is 3.15. The number of hydrogen-bond donors (Lipinski definition) is 1. The molecule has 5 heteroatoms. The highest BCUT2D eigenvalue weighted by molar-refractivity contribution is 5.94. The Morgan fingerprint density at radius 1 is 1.07 bits per heavy atom. The first kappa shape index (κ1) is 19.7. The van der Waals surface area contributed by atoms with Gasteiger partial charge in [-0.3, -0.25) is 9.59 Å². The van der Waals surface area contributed by atoms with Crippen LogP contribution in [0.1, 0.15) is 69.2 Å². The van der Waals surface area contributed by atoms with Crippen LogP contribution >= 0.6 is 0 Å². The van der Waals surface area contributed by atoms with Crippen molar-refractivity contribution in [1.29, 1.82) is 0 Å². The van der Waals surface area contributed by atoms with Gasteiger partial charge in [0.25, 0.3) is 5.91 Å². The lowest BCUT2D eigenvalue weighted by Crippen LogP contribution is -2.42. The molecule has 2 fully saturated rings. The zero-order chi connectivity index (χ0) is 19.2. The average molecular weight is 373 g/mol. The summed E-state index contributed by atoms with van der Waals surface area (Å²) in [6, 6.07) is 7.51. The molecule has 148 valence electrons. The van der Waals surface area contributed by atoms with Crippen LogP contribution in [0.5, 0.6) is 5.75 Å². The minimum Gasteiger partial charge on any atom is -0.491 e. The minimum absolute atomic E-state index is 0.0726. The molecule has 1 heterocycles. The summed E-state index contributed by atoms with van der Waals surface area (Å²) in [4.78, 5) is 26.9. The lowest BCUT2D eigenvalue weighted by Gasteiger charge is -2.30. The number of amides is 2. The third kappa shape index (κ3) is 5.24. The van der Waals surface area contributed by atoms with Gasteiger partial charge >= 0.3 is 0 Å². The normalized spacial score (nSPS) is 20.7. The number of carbonyl (C=O) groups is 2. The summed E-state index contributed by atoms with van der Waals surface area (Å²) in [5, 5.41) is 2.88. The summed E-state index contributed by atoms with van der Waals surface area (Å²) < 4.78 is 5.95. The highest BCUT2D eigenvalue weighted by Gasteiger charge is 2.33. The summed E-state index contributed by atoms with van der Waals surface area (Å²) in [6.07, 6.45) is 7.78. The van der Waals surface area contributed by atoms with Crippen LogP contribution in [0.25, 0.3) is 0 Å². The molecule has 0 aromatic heterocycles. The van der Waals surface area contributed by atoms with E-state index in [2.05, 4.69) is 10.2 Å². The van der Waals surface area contributed by atoms with Crippen LogP contribution in [-0.4, -0.2) is 41.9 Å². The van der Waals surface area contributed by atoms with Gasteiger partial charge in [-0.1, -0.05) is 19.3 Å². The third-order valence-electron chi connectivity index (χ3n) is 5.59. The van der Waals surface area contributed by atoms with Crippen molar-refractivity contribution in [1.82, 2.24) is 10.2 Å². The Morgan fingerprint density at radius 2 is 1.78 bits per heavy atom. The molecular formula is C22H32N2O3. The number of rotatable bonds is 6. The molecule has 3 rings (SSSR count). The number of hydrogen-bond acceptors (Lipinski definition) is 3. The lowest BCUT2D eigenvalue weighted by atomic mass is 9.88. The van der Waals surface area contributed by atoms with Crippen molar-refractivity contribution in [3.63, 3.8) is 0 Å². The van der Waals surface area contributed by atoms with Gasteiger partial charge in [-0.15, -0.1) is 0 Å². The molecule has 1 aromatic rings. The van der Waals surface area contributed by atoms with Crippen molar-refractivity contribution in [2.45, 2.75) is 70.9 Å². The Balaban J connectivity index is 1.52. The second kappa shape index (κ2) is 9.25. The Morgan fingerprint density at radius 3 is 2.44 bits per heavy atom. The fourth-order valence-electron chi connectivity index (χ4n) is 4.12. The maximum atomic E-state index is 12.9. The molecule has 0 radical (unpaired) electrons. The van der Waals surface area contributed by atoms with Crippen molar-refractivity contribution in [2.24, 2.45) is 5.92 Å². The van der Waals surface area contributed by atoms with Crippen LogP contribution in [-0.2, 0) is 4.79 Å². The standard InChI is InChI=1S/C22H32N2O3/c1-16(2)23-21(25)17-10-12-20(13-11-17)27-15-19-9-6-14-24(19)22(26)18-7-4-3-5-8-18/h10-13,16,18-19H,3-9,14-15H2,1-2H3,(H,23,25). The van der Waals surface area contributed by atoms with E-state index in [0.717, 1.165) is 38.0 Å². The molecule has 1 saturated heterocycles. The molecule has 1 saturated carbocycles. The number of carbonyl (C=O) groups excluding carboxylic acids is 2. The first-order valence-corrected chi connectivity index (χ1v) is 10.4. The van der Waals surface area contributed by atoms with Gasteiger partial charge < -0.3 is 15.0 Å². The summed E-state index contributed by atoms with van der Waals surface area (Å²) in [5.41, 5.74) is 0.631. The smallest absolute Gasteiger partial charge is 0.251 e. The largest absolute Gasteiger partial charge is 0.491 e. The second-order valence-electron chi connectivity index (χ2n) is 8.13. The minimum atomic E-state index is -0.0726. The molecule has 0 bridgehead atoms. The predicted molar refractivity (Wildman–Crippen MR) is 106 cm³/mol. The van der Waals surface area contributed by atoms with E-state index in [-0.39, 0.29) is 23.9 Å². The quantitative estimate of drug-likeness (QED) is 0.827. The van der Waals surface area contributed by atoms with Crippen molar-refractivity contribution < 1.29 is 14.3 Å². The summed E-state index contributed by atoms with van der Waals surface area (Å²) in [7, 11) is 0. The zero-order valence-electron chi connectivity index (χ0n) is 16.6. The van der Waals surface area contributed by atoms with Gasteiger partial charge in [0.15, 0.2) is 0 Å². The van der Waals surface area contributed by atoms with Crippen molar-refractivity contribution in [2.75, 3.05) is 13.2 Å². The fourth-order valence-corrected chi connectivity index (χ4v) is 4.12. The third-order valence-corrected chi connectivity index (χ3v) is 5.59. The maximum absolute atomic E-state index is 12.9. The highest BCUT2D eigenvalue weighted by atomic mass is 16.5. The van der Waals surface area contributed by atoms with E-state index < -0.39 is 0 Å². The van der Waals surface area contributed by atoms with Crippen molar-refractivity contribution in [3.8, 4) is 5.75 Å². The molecule has 1 aliphatic carbocycles. The fraction of sp³-hybridized carbons (Fsp3) is 0.636. The molecule has 27 heavy (non-hydrogen) atoms. The van der Waals surface area contributed by atoms with E-state index in [4.69, 9.17) is 4.74 Å². The van der Waals surface area contributed by atoms with Crippen LogP contribution in [0, 0.1) is 5.92 Å². The first-order chi connectivity index (χ1) is 13.0. The molecular weight excluding hydrogens is 340 g/mol. The van der Waals surface area contributed by atoms with Crippen LogP contribution < -0.4 is 10.1 Å². The lowest BCUT2D eigenvalue weighted by molar-refractivity contribution is -0.137. The Hall–Kier alpha value is -2.04. The molecule has 1 aliphatic heterocycles. The summed E-state index contributed by atoms with van der Waals surface area (Å²) >= 11 is 0. The van der Waals surface area contributed by atoms with Crippen molar-refractivity contribution in [3.05, 3.63) is 29.8 Å². The molecule has 2 amide bonds. The van der Waals surface area contributed by atoms with Crippen LogP contribution in [0.2, 0.25) is 0 Å². The molecule has 1 N–H and O–H groups in total. The molecule has 1 atom stereocenters. The van der Waals surface area contributed by atoms with E-state index in [9.17, 15) is 9.59 Å². The van der Waals surface area contributed by atoms with Gasteiger partial charge in [0, 0.05) is 24.1 Å². The van der Waals surface area contributed by atoms with E-state index in [1.807, 2.05) is 26.0 Å². The van der Waals surface area contributed by atoms with Gasteiger partial charge in [-0.25, -0.2) is 0 Å². The monoisotopic (exact) mass is 372 g/mol. The molecule has 1 aromatic carbocycles. The van der Waals surface area contributed by atoms with Gasteiger partial charge in [0.1, 0.15) is 12.4 Å². The highest BCUT2D eigenvalue weighted by Crippen LogP contribution is 2.29. The number of nitrogens with one attached hydrogen (secondary N) is 1. The van der Waals surface area contributed by atoms with Crippen LogP contribution in [0.15, 0.2) is 24.3 Å². The Bertz CT molecular complexity index is 635. The van der Waals surface area contributed by atoms with Gasteiger partial charge in [-0.05, 0) is 63.8 Å².